The second kappa shape index (κ2) is 7.25. The summed E-state index contributed by atoms with van der Waals surface area (Å²) in [4.78, 5) is 16.8. The Bertz CT molecular complexity index is 967. The number of nitrogens with two attached hydrogens (primary N) is 1. The molecule has 0 bridgehead atoms. The first-order chi connectivity index (χ1) is 12.4. The van der Waals surface area contributed by atoms with E-state index in [-0.39, 0.29) is 0 Å². The molecule has 0 fully saturated rings. The largest absolute Gasteiger partial charge is 0.383 e. The highest BCUT2D eigenvalue weighted by Gasteiger charge is 2.18. The minimum atomic E-state index is 0.323. The fourth-order valence-electron chi connectivity index (χ4n) is 2.71. The highest BCUT2D eigenvalue weighted by Crippen LogP contribution is 2.38. The normalized spacial score (nSPS) is 11.7. The van der Waals surface area contributed by atoms with Gasteiger partial charge in [0.05, 0.1) is 16.8 Å². The Hall–Kier alpha value is -2.74. The standard InChI is InChI=1S/C18H23N7S/c1-11(2)25-8-6-13(23-25)16-12(3)15-17(19)21-14(22-18(15)26-16)10-24(5)9-7-20-4/h6-9,11H,4,10H2,1-3,5H3,(H2,19,21,22)/b9-7-. The Morgan fingerprint density at radius 1 is 1.42 bits per heavy atom. The summed E-state index contributed by atoms with van der Waals surface area (Å²) in [6.45, 7) is 10.2. The van der Waals surface area contributed by atoms with Gasteiger partial charge in [-0.05, 0) is 39.1 Å². The van der Waals surface area contributed by atoms with E-state index in [9.17, 15) is 0 Å². The van der Waals surface area contributed by atoms with Crippen LogP contribution in [0, 0.1) is 6.92 Å². The third kappa shape index (κ3) is 3.45. The molecule has 26 heavy (non-hydrogen) atoms. The molecule has 3 aromatic rings. The summed E-state index contributed by atoms with van der Waals surface area (Å²) in [6.07, 6.45) is 5.44. The van der Waals surface area contributed by atoms with Gasteiger partial charge in [-0.1, -0.05) is 0 Å². The molecule has 2 N–H and O–H groups in total. The Morgan fingerprint density at radius 2 is 2.19 bits per heavy atom. The van der Waals surface area contributed by atoms with Gasteiger partial charge in [-0.3, -0.25) is 9.67 Å². The van der Waals surface area contributed by atoms with Gasteiger partial charge in [-0.25, -0.2) is 9.97 Å². The number of aliphatic imine (C=N–C) groups is 1. The predicted molar refractivity (Wildman–Crippen MR) is 108 cm³/mol. The highest BCUT2D eigenvalue weighted by molar-refractivity contribution is 7.22. The molecule has 0 unspecified atom stereocenters. The number of rotatable bonds is 6. The van der Waals surface area contributed by atoms with Crippen molar-refractivity contribution in [2.45, 2.75) is 33.4 Å². The third-order valence-electron chi connectivity index (χ3n) is 4.05. The average Bonchev–Trinajstić information content (AvgIpc) is 3.18. The number of thiophene rings is 1. The minimum Gasteiger partial charge on any atom is -0.383 e. The van der Waals surface area contributed by atoms with Gasteiger partial charge in [-0.2, -0.15) is 5.10 Å². The molecule has 0 amide bonds. The summed E-state index contributed by atoms with van der Waals surface area (Å²) in [6, 6.07) is 2.35. The van der Waals surface area contributed by atoms with Gasteiger partial charge in [-0.15, -0.1) is 11.3 Å². The van der Waals surface area contributed by atoms with E-state index < -0.39 is 0 Å². The zero-order valence-corrected chi connectivity index (χ0v) is 16.3. The minimum absolute atomic E-state index is 0.323. The molecule has 0 aliphatic carbocycles. The van der Waals surface area contributed by atoms with Crippen LogP contribution in [0.15, 0.2) is 29.7 Å². The van der Waals surface area contributed by atoms with Crippen LogP contribution in [-0.2, 0) is 6.54 Å². The van der Waals surface area contributed by atoms with E-state index in [2.05, 4.69) is 35.6 Å². The van der Waals surface area contributed by atoms with Gasteiger partial charge in [0.15, 0.2) is 5.82 Å². The van der Waals surface area contributed by atoms with Crippen molar-refractivity contribution in [1.29, 1.82) is 0 Å². The van der Waals surface area contributed by atoms with E-state index in [4.69, 9.17) is 10.7 Å². The lowest BCUT2D eigenvalue weighted by Crippen LogP contribution is -2.13. The van der Waals surface area contributed by atoms with Crippen molar-refractivity contribution < 1.29 is 0 Å². The summed E-state index contributed by atoms with van der Waals surface area (Å²) < 4.78 is 1.95. The monoisotopic (exact) mass is 369 g/mol. The van der Waals surface area contributed by atoms with Crippen LogP contribution in [0.2, 0.25) is 0 Å². The van der Waals surface area contributed by atoms with Gasteiger partial charge in [0.1, 0.15) is 16.3 Å². The Morgan fingerprint density at radius 3 is 2.85 bits per heavy atom. The molecule has 3 rings (SSSR count). The van der Waals surface area contributed by atoms with E-state index in [0.717, 1.165) is 26.4 Å². The summed E-state index contributed by atoms with van der Waals surface area (Å²) in [5.74, 6) is 1.18. The van der Waals surface area contributed by atoms with Crippen molar-refractivity contribution in [2.75, 3.05) is 12.8 Å². The van der Waals surface area contributed by atoms with Crippen LogP contribution >= 0.6 is 11.3 Å². The number of nitrogen functional groups attached to an aromatic ring is 1. The number of anilines is 1. The van der Waals surface area contributed by atoms with Gasteiger partial charge < -0.3 is 10.6 Å². The molecule has 0 saturated carbocycles. The molecule has 0 atom stereocenters. The molecule has 3 aromatic heterocycles. The second-order valence-electron chi connectivity index (χ2n) is 6.43. The zero-order valence-electron chi connectivity index (χ0n) is 15.5. The number of aryl methyl sites for hydroxylation is 1. The number of hydrogen-bond donors (Lipinski definition) is 1. The summed E-state index contributed by atoms with van der Waals surface area (Å²) >= 11 is 1.60. The quantitative estimate of drug-likeness (QED) is 0.671. The van der Waals surface area contributed by atoms with Crippen molar-refractivity contribution in [2.24, 2.45) is 4.99 Å². The van der Waals surface area contributed by atoms with Crippen LogP contribution < -0.4 is 5.73 Å². The fraction of sp³-hybridized carbons (Fsp3) is 0.333. The number of hydrogen-bond acceptors (Lipinski definition) is 7. The van der Waals surface area contributed by atoms with Crippen molar-refractivity contribution in [3.05, 3.63) is 36.1 Å². The second-order valence-corrected chi connectivity index (χ2v) is 7.43. The van der Waals surface area contributed by atoms with Crippen LogP contribution in [0.25, 0.3) is 20.8 Å². The van der Waals surface area contributed by atoms with E-state index >= 15 is 0 Å². The van der Waals surface area contributed by atoms with Crippen molar-refractivity contribution in [3.63, 3.8) is 0 Å². The molecule has 8 heteroatoms. The van der Waals surface area contributed by atoms with E-state index in [1.165, 1.54) is 0 Å². The molecule has 0 radical (unpaired) electrons. The Balaban J connectivity index is 2.00. The summed E-state index contributed by atoms with van der Waals surface area (Å²) in [5, 5.41) is 5.59. The number of aromatic nitrogens is 4. The average molecular weight is 369 g/mol. The van der Waals surface area contributed by atoms with Crippen LogP contribution in [0.4, 0.5) is 5.82 Å². The first-order valence-corrected chi connectivity index (χ1v) is 9.16. The Labute approximate surface area is 156 Å². The van der Waals surface area contributed by atoms with Gasteiger partial charge in [0.25, 0.3) is 0 Å². The van der Waals surface area contributed by atoms with Crippen LogP contribution in [0.1, 0.15) is 31.3 Å². The molecule has 0 aliphatic rings. The third-order valence-corrected chi connectivity index (χ3v) is 5.26. The van der Waals surface area contributed by atoms with E-state index in [1.54, 1.807) is 17.5 Å². The highest BCUT2D eigenvalue weighted by atomic mass is 32.1. The molecule has 7 nitrogen and oxygen atoms in total. The van der Waals surface area contributed by atoms with Gasteiger partial charge >= 0.3 is 0 Å². The fourth-order valence-corrected chi connectivity index (χ4v) is 3.89. The molecule has 3 heterocycles. The SMILES string of the molecule is C=N/C=C\N(C)Cc1nc(N)c2c(C)c(-c3ccn(C(C)C)n3)sc2n1. The molecular formula is C18H23N7S. The summed E-state index contributed by atoms with van der Waals surface area (Å²) in [5.41, 5.74) is 8.26. The maximum atomic E-state index is 6.24. The lowest BCUT2D eigenvalue weighted by Gasteiger charge is -2.12. The number of fused-ring (bicyclic) bond motifs is 1. The van der Waals surface area contributed by atoms with Crippen LogP contribution in [0.3, 0.4) is 0 Å². The van der Waals surface area contributed by atoms with Crippen LogP contribution in [0.5, 0.6) is 0 Å². The van der Waals surface area contributed by atoms with Crippen molar-refractivity contribution in [1.82, 2.24) is 24.6 Å². The Kier molecular flexibility index (Phi) is 5.03. The molecule has 0 aliphatic heterocycles. The topological polar surface area (TPSA) is 85.2 Å². The van der Waals surface area contributed by atoms with Crippen molar-refractivity contribution >= 4 is 34.1 Å². The lowest BCUT2D eigenvalue weighted by atomic mass is 10.1. The zero-order chi connectivity index (χ0) is 18.8. The molecule has 136 valence electrons. The predicted octanol–water partition coefficient (Wildman–Crippen LogP) is 3.63. The van der Waals surface area contributed by atoms with Gasteiger partial charge in [0.2, 0.25) is 0 Å². The maximum Gasteiger partial charge on any atom is 0.151 e. The van der Waals surface area contributed by atoms with Gasteiger partial charge in [0, 0.05) is 31.7 Å². The first kappa shape index (κ1) is 18.1. The molecular weight excluding hydrogens is 346 g/mol. The van der Waals surface area contributed by atoms with E-state index in [1.807, 2.05) is 42.0 Å². The molecule has 0 spiro atoms. The molecule has 0 saturated heterocycles. The summed E-state index contributed by atoms with van der Waals surface area (Å²) in [7, 11) is 1.93. The first-order valence-electron chi connectivity index (χ1n) is 8.34. The van der Waals surface area contributed by atoms with Crippen molar-refractivity contribution in [3.8, 4) is 10.6 Å². The molecule has 0 aromatic carbocycles. The maximum absolute atomic E-state index is 6.24. The number of nitrogens with zero attached hydrogens (tertiary/aromatic N) is 6. The lowest BCUT2D eigenvalue weighted by molar-refractivity contribution is 0.437. The smallest absolute Gasteiger partial charge is 0.151 e. The van der Waals surface area contributed by atoms with E-state index in [0.29, 0.717) is 24.2 Å². The van der Waals surface area contributed by atoms with Crippen LogP contribution in [-0.4, -0.2) is 38.4 Å².